The second-order valence-corrected chi connectivity index (χ2v) is 7.30. The second-order valence-electron chi connectivity index (χ2n) is 5.15. The maximum atomic E-state index is 12.1. The van der Waals surface area contributed by atoms with E-state index in [9.17, 15) is 14.9 Å². The van der Waals surface area contributed by atoms with Crippen LogP contribution in [0.5, 0.6) is 0 Å². The number of nitrogens with zero attached hydrogens (tertiary/aromatic N) is 2. The van der Waals surface area contributed by atoms with Crippen LogP contribution >= 0.6 is 22.7 Å². The number of hydrogen-bond acceptors (Lipinski definition) is 6. The molecule has 0 fully saturated rings. The summed E-state index contributed by atoms with van der Waals surface area (Å²) in [5.41, 5.74) is 1.09. The molecule has 0 bridgehead atoms. The first kappa shape index (κ1) is 15.1. The van der Waals surface area contributed by atoms with Crippen LogP contribution < -0.4 is 5.32 Å². The number of nitrogens with one attached hydrogen (secondary N) is 1. The highest BCUT2D eigenvalue weighted by molar-refractivity contribution is 7.18. The Labute approximate surface area is 135 Å². The number of carbonyl (C=O) groups excluding carboxylic acids is 1. The molecule has 0 saturated carbocycles. The van der Waals surface area contributed by atoms with Crippen LogP contribution in [-0.2, 0) is 12.8 Å². The molecule has 2 heterocycles. The van der Waals surface area contributed by atoms with E-state index < -0.39 is 4.92 Å². The smallest absolute Gasteiger partial charge is 0.297 e. The predicted octanol–water partition coefficient (Wildman–Crippen LogP) is 4.02. The minimum absolute atomic E-state index is 0.0310. The number of aromatic nitrogens is 1. The van der Waals surface area contributed by atoms with Crippen molar-refractivity contribution >= 4 is 38.7 Å². The van der Waals surface area contributed by atoms with Crippen LogP contribution in [-0.4, -0.2) is 15.8 Å². The first-order valence-corrected chi connectivity index (χ1v) is 8.81. The molecule has 0 aromatic carbocycles. The minimum atomic E-state index is -0.490. The lowest BCUT2D eigenvalue weighted by molar-refractivity contribution is -0.380. The maximum Gasteiger partial charge on any atom is 0.324 e. The fourth-order valence-corrected chi connectivity index (χ4v) is 4.23. The molecule has 1 amide bonds. The van der Waals surface area contributed by atoms with E-state index in [0.29, 0.717) is 10.0 Å². The van der Waals surface area contributed by atoms with E-state index in [1.165, 1.54) is 47.6 Å². The molecule has 0 radical (unpaired) electrons. The highest BCUT2D eigenvalue weighted by Crippen LogP contribution is 2.30. The van der Waals surface area contributed by atoms with Crippen molar-refractivity contribution in [2.75, 3.05) is 5.32 Å². The number of thiophene rings is 1. The lowest BCUT2D eigenvalue weighted by atomic mass is 10.0. The lowest BCUT2D eigenvalue weighted by Crippen LogP contribution is -2.09. The number of hydrogen-bond donors (Lipinski definition) is 1. The fraction of sp³-hybridized carbons (Fsp3) is 0.429. The largest absolute Gasteiger partial charge is 0.324 e. The molecule has 8 heteroatoms. The van der Waals surface area contributed by atoms with Gasteiger partial charge in [0.15, 0.2) is 5.13 Å². The molecule has 116 valence electrons. The highest BCUT2D eigenvalue weighted by atomic mass is 32.1. The standard InChI is InChI=1S/C14H15N3O3S2/c18-13(11-7-8-12(21-11)17(19)20)16-14-15-9-5-3-1-2-4-6-10(9)22-14/h7-8H,1-6H2,(H,15,16,18). The number of aryl methyl sites for hydroxylation is 2. The molecule has 0 saturated heterocycles. The van der Waals surface area contributed by atoms with E-state index in [1.807, 2.05) is 0 Å². The van der Waals surface area contributed by atoms with E-state index in [0.717, 1.165) is 36.3 Å². The van der Waals surface area contributed by atoms with Crippen molar-refractivity contribution in [3.63, 3.8) is 0 Å². The van der Waals surface area contributed by atoms with Gasteiger partial charge in [0.1, 0.15) is 0 Å². The molecule has 1 aliphatic carbocycles. The van der Waals surface area contributed by atoms with Gasteiger partial charge in [-0.25, -0.2) is 4.98 Å². The zero-order valence-corrected chi connectivity index (χ0v) is 13.5. The molecule has 0 aliphatic heterocycles. The normalized spacial score (nSPS) is 14.7. The average molecular weight is 337 g/mol. The Morgan fingerprint density at radius 1 is 1.18 bits per heavy atom. The molecule has 3 rings (SSSR count). The van der Waals surface area contributed by atoms with Gasteiger partial charge in [0, 0.05) is 10.9 Å². The fourth-order valence-electron chi connectivity index (χ4n) is 2.47. The Morgan fingerprint density at radius 3 is 2.68 bits per heavy atom. The van der Waals surface area contributed by atoms with Crippen molar-refractivity contribution in [1.82, 2.24) is 4.98 Å². The van der Waals surface area contributed by atoms with Crippen molar-refractivity contribution in [3.8, 4) is 0 Å². The predicted molar refractivity (Wildman–Crippen MR) is 86.9 cm³/mol. The van der Waals surface area contributed by atoms with Crippen LogP contribution in [0.2, 0.25) is 0 Å². The minimum Gasteiger partial charge on any atom is -0.297 e. The molecule has 0 spiro atoms. The van der Waals surface area contributed by atoms with Crippen LogP contribution in [0.15, 0.2) is 12.1 Å². The van der Waals surface area contributed by atoms with Gasteiger partial charge in [-0.1, -0.05) is 24.2 Å². The number of rotatable bonds is 3. The highest BCUT2D eigenvalue weighted by Gasteiger charge is 2.18. The monoisotopic (exact) mass is 337 g/mol. The summed E-state index contributed by atoms with van der Waals surface area (Å²) in [5, 5.41) is 14.0. The lowest BCUT2D eigenvalue weighted by Gasteiger charge is -2.06. The summed E-state index contributed by atoms with van der Waals surface area (Å²) < 4.78 is 0. The molecule has 0 atom stereocenters. The van der Waals surface area contributed by atoms with E-state index in [4.69, 9.17) is 0 Å². The van der Waals surface area contributed by atoms with Crippen molar-refractivity contribution in [2.45, 2.75) is 38.5 Å². The van der Waals surface area contributed by atoms with Gasteiger partial charge in [0.2, 0.25) is 0 Å². The summed E-state index contributed by atoms with van der Waals surface area (Å²) >= 11 is 2.40. The molecule has 1 N–H and O–H groups in total. The zero-order valence-electron chi connectivity index (χ0n) is 11.8. The SMILES string of the molecule is O=C(Nc1nc2c(s1)CCCCCC2)c1ccc([N+](=O)[O-])s1. The van der Waals surface area contributed by atoms with Gasteiger partial charge >= 0.3 is 5.00 Å². The van der Waals surface area contributed by atoms with Crippen molar-refractivity contribution in [1.29, 1.82) is 0 Å². The summed E-state index contributed by atoms with van der Waals surface area (Å²) in [7, 11) is 0. The Balaban J connectivity index is 1.73. The van der Waals surface area contributed by atoms with E-state index in [2.05, 4.69) is 10.3 Å². The summed E-state index contributed by atoms with van der Waals surface area (Å²) in [6, 6.07) is 2.82. The van der Waals surface area contributed by atoms with Gasteiger partial charge in [0.25, 0.3) is 5.91 Å². The summed E-state index contributed by atoms with van der Waals surface area (Å²) in [5.74, 6) is -0.333. The summed E-state index contributed by atoms with van der Waals surface area (Å²) in [6.07, 6.45) is 6.77. The Bertz CT molecular complexity index is 683. The first-order chi connectivity index (χ1) is 10.6. The van der Waals surface area contributed by atoms with Crippen molar-refractivity contribution in [2.24, 2.45) is 0 Å². The molecular formula is C14H15N3O3S2. The average Bonchev–Trinajstić information content (AvgIpc) is 3.07. The number of thiazole rings is 1. The maximum absolute atomic E-state index is 12.1. The molecule has 22 heavy (non-hydrogen) atoms. The molecule has 6 nitrogen and oxygen atoms in total. The third-order valence-corrected chi connectivity index (χ3v) is 5.67. The van der Waals surface area contributed by atoms with Crippen molar-refractivity contribution in [3.05, 3.63) is 37.7 Å². The van der Waals surface area contributed by atoms with Gasteiger partial charge in [0.05, 0.1) is 15.5 Å². The number of amides is 1. The van der Waals surface area contributed by atoms with Crippen LogP contribution in [0.3, 0.4) is 0 Å². The topological polar surface area (TPSA) is 85.1 Å². The van der Waals surface area contributed by atoms with E-state index in [-0.39, 0.29) is 10.9 Å². The molecule has 0 unspecified atom stereocenters. The third-order valence-electron chi connectivity index (χ3n) is 3.56. The van der Waals surface area contributed by atoms with Gasteiger partial charge in [-0.15, -0.1) is 11.3 Å². The summed E-state index contributed by atoms with van der Waals surface area (Å²) in [6.45, 7) is 0. The number of nitro groups is 1. The van der Waals surface area contributed by atoms with Crippen LogP contribution in [0, 0.1) is 10.1 Å². The first-order valence-electron chi connectivity index (χ1n) is 7.17. The zero-order chi connectivity index (χ0) is 15.5. The van der Waals surface area contributed by atoms with Crippen LogP contribution in [0.1, 0.15) is 45.9 Å². The van der Waals surface area contributed by atoms with Crippen LogP contribution in [0.25, 0.3) is 0 Å². The van der Waals surface area contributed by atoms with Gasteiger partial charge in [-0.05, 0) is 31.7 Å². The van der Waals surface area contributed by atoms with E-state index in [1.54, 1.807) is 0 Å². The van der Waals surface area contributed by atoms with Gasteiger partial charge < -0.3 is 0 Å². The molecule has 1 aliphatic rings. The Hall–Kier alpha value is -1.80. The number of fused-ring (bicyclic) bond motifs is 1. The third kappa shape index (κ3) is 3.33. The Morgan fingerprint density at radius 2 is 1.95 bits per heavy atom. The molecular weight excluding hydrogens is 322 g/mol. The summed E-state index contributed by atoms with van der Waals surface area (Å²) in [4.78, 5) is 28.4. The molecule has 2 aromatic rings. The Kier molecular flexibility index (Phi) is 4.49. The van der Waals surface area contributed by atoms with Crippen molar-refractivity contribution < 1.29 is 9.72 Å². The molecule has 2 aromatic heterocycles. The van der Waals surface area contributed by atoms with E-state index >= 15 is 0 Å². The quantitative estimate of drug-likeness (QED) is 0.677. The van der Waals surface area contributed by atoms with Gasteiger partial charge in [-0.3, -0.25) is 20.2 Å². The van der Waals surface area contributed by atoms with Crippen LogP contribution in [0.4, 0.5) is 10.1 Å². The van der Waals surface area contributed by atoms with Gasteiger partial charge in [-0.2, -0.15) is 0 Å². The number of carbonyl (C=O) groups is 1. The second kappa shape index (κ2) is 6.53. The number of anilines is 1.